The second-order valence-electron chi connectivity index (χ2n) is 3.63. The zero-order chi connectivity index (χ0) is 12.6. The van der Waals surface area contributed by atoms with Gasteiger partial charge in [-0.1, -0.05) is 0 Å². The Morgan fingerprint density at radius 1 is 1.38 bits per heavy atom. The summed E-state index contributed by atoms with van der Waals surface area (Å²) in [5.41, 5.74) is -2.62. The monoisotopic (exact) mass is 243 g/mol. The van der Waals surface area contributed by atoms with Crippen LogP contribution in [-0.4, -0.2) is 46.8 Å². The molecule has 92 valence electrons. The SMILES string of the molecule is O=C(CC(F)(F)F)N1CCC(F)(C(=O)O)C1. The molecule has 0 aromatic rings. The van der Waals surface area contributed by atoms with Gasteiger partial charge in [0.25, 0.3) is 0 Å². The van der Waals surface area contributed by atoms with Crippen LogP contribution in [-0.2, 0) is 9.59 Å². The van der Waals surface area contributed by atoms with Crippen molar-refractivity contribution >= 4 is 11.9 Å². The fourth-order valence-corrected chi connectivity index (χ4v) is 1.44. The zero-order valence-electron chi connectivity index (χ0n) is 8.05. The Balaban J connectivity index is 2.60. The second-order valence-corrected chi connectivity index (χ2v) is 3.63. The summed E-state index contributed by atoms with van der Waals surface area (Å²) >= 11 is 0. The van der Waals surface area contributed by atoms with Crippen molar-refractivity contribution in [1.29, 1.82) is 0 Å². The van der Waals surface area contributed by atoms with Crippen LogP contribution < -0.4 is 0 Å². The van der Waals surface area contributed by atoms with E-state index in [0.717, 1.165) is 0 Å². The predicted octanol–water partition coefficient (Wildman–Crippen LogP) is 0.964. The van der Waals surface area contributed by atoms with Gasteiger partial charge in [0.05, 0.1) is 6.54 Å². The highest BCUT2D eigenvalue weighted by Crippen LogP contribution is 2.28. The van der Waals surface area contributed by atoms with Crippen LogP contribution in [0, 0.1) is 0 Å². The maximum Gasteiger partial charge on any atom is 0.397 e. The third kappa shape index (κ3) is 2.83. The van der Waals surface area contributed by atoms with E-state index in [4.69, 9.17) is 5.11 Å². The van der Waals surface area contributed by atoms with Gasteiger partial charge >= 0.3 is 12.1 Å². The molecule has 8 heteroatoms. The number of likely N-dealkylation sites (tertiary alicyclic amines) is 1. The molecular formula is C8H9F4NO3. The molecule has 0 radical (unpaired) electrons. The average molecular weight is 243 g/mol. The number of carbonyl (C=O) groups is 2. The van der Waals surface area contributed by atoms with Crippen molar-refractivity contribution in [3.8, 4) is 0 Å². The molecule has 1 N–H and O–H groups in total. The summed E-state index contributed by atoms with van der Waals surface area (Å²) in [5.74, 6) is -3.05. The first kappa shape index (κ1) is 12.7. The fraction of sp³-hybridized carbons (Fsp3) is 0.750. The molecule has 0 aliphatic carbocycles. The van der Waals surface area contributed by atoms with Crippen molar-refractivity contribution in [3.05, 3.63) is 0 Å². The summed E-state index contributed by atoms with van der Waals surface area (Å²) in [6.07, 6.45) is -6.84. The molecule has 1 amide bonds. The largest absolute Gasteiger partial charge is 0.479 e. The minimum absolute atomic E-state index is 0.308. The lowest BCUT2D eigenvalue weighted by atomic mass is 10.1. The van der Waals surface area contributed by atoms with Gasteiger partial charge in [-0.3, -0.25) is 4.79 Å². The van der Waals surface area contributed by atoms with E-state index in [1.165, 1.54) is 0 Å². The molecule has 0 spiro atoms. The van der Waals surface area contributed by atoms with Gasteiger partial charge in [-0.25, -0.2) is 9.18 Å². The lowest BCUT2D eigenvalue weighted by Crippen LogP contribution is -2.39. The molecule has 4 nitrogen and oxygen atoms in total. The molecule has 1 atom stereocenters. The normalized spacial score (nSPS) is 25.9. The minimum atomic E-state index is -4.66. The summed E-state index contributed by atoms with van der Waals surface area (Å²) in [6, 6.07) is 0. The van der Waals surface area contributed by atoms with Crippen molar-refractivity contribution in [2.45, 2.75) is 24.7 Å². The summed E-state index contributed by atoms with van der Waals surface area (Å²) < 4.78 is 49.0. The lowest BCUT2D eigenvalue weighted by molar-refractivity contribution is -0.161. The van der Waals surface area contributed by atoms with Crippen molar-refractivity contribution in [1.82, 2.24) is 4.90 Å². The standard InChI is InChI=1S/C8H9F4NO3/c9-7(6(15)16)1-2-13(4-7)5(14)3-8(10,11)12/h1-4H2,(H,15,16). The minimum Gasteiger partial charge on any atom is -0.479 e. The molecule has 0 bridgehead atoms. The van der Waals surface area contributed by atoms with Gasteiger partial charge in [0.15, 0.2) is 0 Å². The van der Waals surface area contributed by atoms with E-state index >= 15 is 0 Å². The first-order valence-corrected chi connectivity index (χ1v) is 4.41. The van der Waals surface area contributed by atoms with Crippen molar-refractivity contribution in [2.75, 3.05) is 13.1 Å². The van der Waals surface area contributed by atoms with Crippen molar-refractivity contribution < 1.29 is 32.3 Å². The topological polar surface area (TPSA) is 57.6 Å². The van der Waals surface area contributed by atoms with Crippen LogP contribution in [0.15, 0.2) is 0 Å². The number of alkyl halides is 4. The van der Waals surface area contributed by atoms with Gasteiger partial charge in [-0.05, 0) is 0 Å². The van der Waals surface area contributed by atoms with E-state index < -0.39 is 43.1 Å². The molecule has 0 aromatic carbocycles. The first-order valence-electron chi connectivity index (χ1n) is 4.41. The Labute approximate surface area is 87.8 Å². The Morgan fingerprint density at radius 3 is 2.31 bits per heavy atom. The molecule has 1 fully saturated rings. The van der Waals surface area contributed by atoms with Crippen LogP contribution in [0.4, 0.5) is 17.6 Å². The number of rotatable bonds is 2. The Hall–Kier alpha value is -1.34. The Bertz CT molecular complexity index is 317. The highest BCUT2D eigenvalue weighted by molar-refractivity contribution is 5.82. The molecule has 0 aromatic heterocycles. The first-order chi connectivity index (χ1) is 7.14. The smallest absolute Gasteiger partial charge is 0.397 e. The van der Waals surface area contributed by atoms with Gasteiger partial charge in [-0.15, -0.1) is 0 Å². The molecular weight excluding hydrogens is 234 g/mol. The quantitative estimate of drug-likeness (QED) is 0.735. The van der Waals surface area contributed by atoms with Gasteiger partial charge in [0.2, 0.25) is 11.6 Å². The number of carboxylic acids is 1. The summed E-state index contributed by atoms with van der Waals surface area (Å²) in [4.78, 5) is 22.0. The van der Waals surface area contributed by atoms with Crippen LogP contribution in [0.2, 0.25) is 0 Å². The number of carboxylic acid groups (broad SMARTS) is 1. The second kappa shape index (κ2) is 3.91. The van der Waals surface area contributed by atoms with Crippen LogP contribution in [0.25, 0.3) is 0 Å². The van der Waals surface area contributed by atoms with Gasteiger partial charge in [0, 0.05) is 13.0 Å². The number of halogens is 4. The number of hydrogen-bond donors (Lipinski definition) is 1. The number of hydrogen-bond acceptors (Lipinski definition) is 2. The summed E-state index contributed by atoms with van der Waals surface area (Å²) in [5, 5.41) is 8.47. The highest BCUT2D eigenvalue weighted by Gasteiger charge is 2.48. The molecule has 1 aliphatic heterocycles. The van der Waals surface area contributed by atoms with Crippen molar-refractivity contribution in [2.24, 2.45) is 0 Å². The number of aliphatic carboxylic acids is 1. The molecule has 1 unspecified atom stereocenters. The highest BCUT2D eigenvalue weighted by atomic mass is 19.4. The molecule has 0 saturated carbocycles. The molecule has 1 heterocycles. The lowest BCUT2D eigenvalue weighted by Gasteiger charge is -2.18. The third-order valence-electron chi connectivity index (χ3n) is 2.31. The third-order valence-corrected chi connectivity index (χ3v) is 2.31. The number of amides is 1. The van der Waals surface area contributed by atoms with Crippen LogP contribution in [0.3, 0.4) is 0 Å². The molecule has 1 saturated heterocycles. The molecule has 16 heavy (non-hydrogen) atoms. The number of nitrogens with zero attached hydrogens (tertiary/aromatic N) is 1. The molecule has 1 aliphatic rings. The van der Waals surface area contributed by atoms with Crippen LogP contribution >= 0.6 is 0 Å². The van der Waals surface area contributed by atoms with Gasteiger partial charge in [-0.2, -0.15) is 13.2 Å². The maximum atomic E-state index is 13.4. The van der Waals surface area contributed by atoms with Gasteiger partial charge in [0.1, 0.15) is 6.42 Å². The number of carbonyl (C=O) groups excluding carboxylic acids is 1. The molecule has 1 rings (SSSR count). The average Bonchev–Trinajstić information content (AvgIpc) is 2.46. The Kier molecular flexibility index (Phi) is 3.11. The van der Waals surface area contributed by atoms with E-state index in [-0.39, 0.29) is 6.54 Å². The van der Waals surface area contributed by atoms with E-state index in [2.05, 4.69) is 0 Å². The van der Waals surface area contributed by atoms with E-state index in [9.17, 15) is 27.2 Å². The summed E-state index contributed by atoms with van der Waals surface area (Å²) in [7, 11) is 0. The van der Waals surface area contributed by atoms with E-state index in [1.54, 1.807) is 0 Å². The predicted molar refractivity (Wildman–Crippen MR) is 43.3 cm³/mol. The van der Waals surface area contributed by atoms with Crippen LogP contribution in [0.1, 0.15) is 12.8 Å². The van der Waals surface area contributed by atoms with Crippen molar-refractivity contribution in [3.63, 3.8) is 0 Å². The fourth-order valence-electron chi connectivity index (χ4n) is 1.44. The van der Waals surface area contributed by atoms with E-state index in [1.807, 2.05) is 0 Å². The van der Waals surface area contributed by atoms with Gasteiger partial charge < -0.3 is 10.0 Å². The Morgan fingerprint density at radius 2 is 1.94 bits per heavy atom. The van der Waals surface area contributed by atoms with Crippen LogP contribution in [0.5, 0.6) is 0 Å². The summed E-state index contributed by atoms with van der Waals surface area (Å²) in [6.45, 7) is -1.13. The zero-order valence-corrected chi connectivity index (χ0v) is 8.05. The maximum absolute atomic E-state index is 13.4. The van der Waals surface area contributed by atoms with E-state index in [0.29, 0.717) is 4.90 Å².